The average molecular weight is 153 g/mol. The summed E-state index contributed by atoms with van der Waals surface area (Å²) in [4.78, 5) is 11.0. The van der Waals surface area contributed by atoms with Crippen LogP contribution in [0.3, 0.4) is 0 Å². The lowest BCUT2D eigenvalue weighted by Crippen LogP contribution is -2.25. The molecule has 7 heteroatoms. The Morgan fingerprint density at radius 3 is 2.64 bits per heavy atom. The number of hydrogen-bond donors (Lipinski definition) is 3. The van der Waals surface area contributed by atoms with E-state index in [0.29, 0.717) is 5.95 Å². The first-order valence-corrected chi connectivity index (χ1v) is 2.75. The topological polar surface area (TPSA) is 115 Å². The molecule has 58 valence electrons. The maximum Gasteiger partial charge on any atom is 0.232 e. The first-order valence-electron chi connectivity index (χ1n) is 2.75. The van der Waals surface area contributed by atoms with Crippen molar-refractivity contribution in [2.45, 2.75) is 0 Å². The summed E-state index contributed by atoms with van der Waals surface area (Å²) in [6.07, 6.45) is 2.66. The number of guanidine groups is 1. The van der Waals surface area contributed by atoms with Gasteiger partial charge in [0.2, 0.25) is 11.9 Å². The number of hydrogen-bond acceptors (Lipinski definition) is 5. The van der Waals surface area contributed by atoms with Crippen LogP contribution in [0.4, 0.5) is 5.95 Å². The van der Waals surface area contributed by atoms with Gasteiger partial charge in [-0.1, -0.05) is 0 Å². The molecule has 0 atom stereocenters. The van der Waals surface area contributed by atoms with Crippen LogP contribution in [-0.2, 0) is 0 Å². The summed E-state index contributed by atoms with van der Waals surface area (Å²) in [6.45, 7) is 0. The highest BCUT2D eigenvalue weighted by atomic mass is 15.3. The van der Waals surface area contributed by atoms with Crippen molar-refractivity contribution >= 4 is 11.9 Å². The number of hydrazone groups is 1. The van der Waals surface area contributed by atoms with E-state index in [4.69, 9.17) is 11.6 Å². The Labute approximate surface area is 62.6 Å². The molecule has 0 saturated heterocycles. The fourth-order valence-corrected chi connectivity index (χ4v) is 0.451. The molecule has 11 heavy (non-hydrogen) atoms. The highest BCUT2D eigenvalue weighted by Crippen LogP contribution is 1.88. The van der Waals surface area contributed by atoms with Gasteiger partial charge in [0.05, 0.1) is 0 Å². The SMILES string of the molecule is NN=C(N)Nc1ncncn1. The molecule has 1 aromatic heterocycles. The van der Waals surface area contributed by atoms with E-state index in [1.54, 1.807) is 0 Å². The van der Waals surface area contributed by atoms with Crippen LogP contribution in [0.1, 0.15) is 0 Å². The number of nitrogens with zero attached hydrogens (tertiary/aromatic N) is 4. The highest BCUT2D eigenvalue weighted by molar-refractivity contribution is 5.90. The zero-order chi connectivity index (χ0) is 8.10. The van der Waals surface area contributed by atoms with Gasteiger partial charge in [-0.15, -0.1) is 5.10 Å². The van der Waals surface area contributed by atoms with Crippen LogP contribution in [0.15, 0.2) is 17.8 Å². The third-order valence-electron chi connectivity index (χ3n) is 0.872. The lowest BCUT2D eigenvalue weighted by atomic mass is 10.8. The number of nitrogens with one attached hydrogen (secondary N) is 1. The molecule has 0 radical (unpaired) electrons. The smallest absolute Gasteiger partial charge is 0.232 e. The Morgan fingerprint density at radius 2 is 2.09 bits per heavy atom. The molecular formula is C4H7N7. The van der Waals surface area contributed by atoms with E-state index in [1.807, 2.05) is 0 Å². The van der Waals surface area contributed by atoms with Crippen LogP contribution in [0.5, 0.6) is 0 Å². The quantitative estimate of drug-likeness (QED) is 0.195. The molecular weight excluding hydrogens is 146 g/mol. The molecule has 5 N–H and O–H groups in total. The number of aromatic nitrogens is 3. The van der Waals surface area contributed by atoms with Gasteiger partial charge in [0.25, 0.3) is 0 Å². The molecule has 0 spiro atoms. The Kier molecular flexibility index (Phi) is 2.16. The molecule has 0 bridgehead atoms. The molecule has 1 rings (SSSR count). The first kappa shape index (κ1) is 7.19. The lowest BCUT2D eigenvalue weighted by molar-refractivity contribution is 1.05. The van der Waals surface area contributed by atoms with Crippen LogP contribution in [0.25, 0.3) is 0 Å². The van der Waals surface area contributed by atoms with Crippen LogP contribution < -0.4 is 16.9 Å². The van der Waals surface area contributed by atoms with Gasteiger partial charge in [-0.2, -0.15) is 0 Å². The van der Waals surface area contributed by atoms with Gasteiger partial charge in [-0.25, -0.2) is 15.0 Å². The molecule has 0 fully saturated rings. The Morgan fingerprint density at radius 1 is 1.45 bits per heavy atom. The van der Waals surface area contributed by atoms with Gasteiger partial charge in [-0.3, -0.25) is 5.32 Å². The Balaban J connectivity index is 2.65. The molecule has 7 nitrogen and oxygen atoms in total. The summed E-state index contributed by atoms with van der Waals surface area (Å²) in [7, 11) is 0. The normalized spacial score (nSPS) is 11.1. The van der Waals surface area contributed by atoms with Crippen molar-refractivity contribution in [2.24, 2.45) is 16.7 Å². The van der Waals surface area contributed by atoms with Gasteiger partial charge in [-0.05, 0) is 0 Å². The molecule has 1 heterocycles. The van der Waals surface area contributed by atoms with Crippen molar-refractivity contribution in [2.75, 3.05) is 5.32 Å². The van der Waals surface area contributed by atoms with Crippen molar-refractivity contribution in [3.8, 4) is 0 Å². The molecule has 0 aliphatic heterocycles. The van der Waals surface area contributed by atoms with Gasteiger partial charge in [0.15, 0.2) is 0 Å². The third kappa shape index (κ3) is 2.05. The largest absolute Gasteiger partial charge is 0.368 e. The first-order chi connectivity index (χ1) is 5.33. The van der Waals surface area contributed by atoms with E-state index in [1.165, 1.54) is 12.7 Å². The minimum absolute atomic E-state index is 0.0520. The third-order valence-corrected chi connectivity index (χ3v) is 0.872. The molecule has 0 aliphatic rings. The van der Waals surface area contributed by atoms with Gasteiger partial charge in [0.1, 0.15) is 12.7 Å². The van der Waals surface area contributed by atoms with Gasteiger partial charge >= 0.3 is 0 Å². The standard InChI is InChI=1S/C4H7N7/c5-3(11-6)10-4-8-1-7-2-9-4/h1-2H,6H2,(H3,5,7,8,9,10,11). The van der Waals surface area contributed by atoms with Crippen LogP contribution in [-0.4, -0.2) is 20.9 Å². The summed E-state index contributed by atoms with van der Waals surface area (Å²) in [5.41, 5.74) is 5.22. The second-order valence-electron chi connectivity index (χ2n) is 1.60. The molecule has 0 aromatic carbocycles. The molecule has 0 saturated carbocycles. The second-order valence-corrected chi connectivity index (χ2v) is 1.60. The van der Waals surface area contributed by atoms with Crippen molar-refractivity contribution in [1.82, 2.24) is 15.0 Å². The Bertz CT molecular complexity index is 242. The predicted octanol–water partition coefficient (Wildman–Crippen LogP) is -1.53. The summed E-state index contributed by atoms with van der Waals surface area (Å²) >= 11 is 0. The van der Waals surface area contributed by atoms with E-state index in [2.05, 4.69) is 25.4 Å². The predicted molar refractivity (Wildman–Crippen MR) is 39.3 cm³/mol. The maximum absolute atomic E-state index is 5.22. The van der Waals surface area contributed by atoms with Gasteiger partial charge in [0, 0.05) is 0 Å². The number of nitrogens with two attached hydrogens (primary N) is 2. The lowest BCUT2D eigenvalue weighted by Gasteiger charge is -1.98. The molecule has 0 unspecified atom stereocenters. The summed E-state index contributed by atoms with van der Waals surface area (Å²) in [5.74, 6) is 5.21. The zero-order valence-corrected chi connectivity index (χ0v) is 5.60. The minimum atomic E-state index is 0.0520. The zero-order valence-electron chi connectivity index (χ0n) is 5.60. The summed E-state index contributed by atoms with van der Waals surface area (Å²) in [5, 5.41) is 5.70. The highest BCUT2D eigenvalue weighted by Gasteiger charge is 1.93. The van der Waals surface area contributed by atoms with Crippen molar-refractivity contribution in [1.29, 1.82) is 0 Å². The van der Waals surface area contributed by atoms with Crippen molar-refractivity contribution < 1.29 is 0 Å². The van der Waals surface area contributed by atoms with Crippen molar-refractivity contribution in [3.05, 3.63) is 12.7 Å². The van der Waals surface area contributed by atoms with Crippen LogP contribution >= 0.6 is 0 Å². The van der Waals surface area contributed by atoms with Crippen LogP contribution in [0.2, 0.25) is 0 Å². The molecule has 1 aromatic rings. The fraction of sp³-hybridized carbons (Fsp3) is 0. The number of anilines is 1. The molecule has 0 aliphatic carbocycles. The van der Waals surface area contributed by atoms with E-state index in [9.17, 15) is 0 Å². The Hall–Kier alpha value is -1.92. The van der Waals surface area contributed by atoms with Crippen LogP contribution in [0, 0.1) is 0 Å². The van der Waals surface area contributed by atoms with Crippen molar-refractivity contribution in [3.63, 3.8) is 0 Å². The fourth-order valence-electron chi connectivity index (χ4n) is 0.451. The summed E-state index contributed by atoms with van der Waals surface area (Å²) < 4.78 is 0. The van der Waals surface area contributed by atoms with E-state index >= 15 is 0 Å². The number of rotatable bonds is 1. The maximum atomic E-state index is 5.22. The van der Waals surface area contributed by atoms with E-state index in [0.717, 1.165) is 0 Å². The van der Waals surface area contributed by atoms with E-state index < -0.39 is 0 Å². The second kappa shape index (κ2) is 3.30. The van der Waals surface area contributed by atoms with Gasteiger partial charge < -0.3 is 11.6 Å². The molecule has 0 amide bonds. The summed E-state index contributed by atoms with van der Waals surface area (Å²) in [6, 6.07) is 0. The minimum Gasteiger partial charge on any atom is -0.368 e. The monoisotopic (exact) mass is 153 g/mol. The van der Waals surface area contributed by atoms with E-state index in [-0.39, 0.29) is 5.96 Å². The average Bonchev–Trinajstić information content (AvgIpc) is 2.06.